The van der Waals surface area contributed by atoms with Gasteiger partial charge < -0.3 is 4.65 Å². The first-order valence-electron chi connectivity index (χ1n) is 7.62. The molecule has 0 radical (unpaired) electrons. The molecular weight excluding hydrogens is 283 g/mol. The van der Waals surface area contributed by atoms with E-state index in [2.05, 4.69) is 0 Å². The van der Waals surface area contributed by atoms with Crippen LogP contribution in [0.4, 0.5) is 0 Å². The molecule has 0 spiro atoms. The Morgan fingerprint density at radius 1 is 0.870 bits per heavy atom. The first kappa shape index (κ1) is 16.6. The van der Waals surface area contributed by atoms with Crippen molar-refractivity contribution in [3.8, 4) is 0 Å². The van der Waals surface area contributed by atoms with Crippen molar-refractivity contribution < 1.29 is 9.45 Å². The van der Waals surface area contributed by atoms with Crippen molar-refractivity contribution in [3.63, 3.8) is 0 Å². The van der Waals surface area contributed by atoms with Crippen LogP contribution in [0.3, 0.4) is 0 Å². The Kier molecular flexibility index (Phi) is 6.67. The molecule has 3 heteroatoms. The number of carbonyl (C=O) groups excluding carboxylic acids is 1. The molecule has 0 saturated heterocycles. The molecule has 0 unspecified atom stereocenters. The maximum atomic E-state index is 12.0. The van der Waals surface area contributed by atoms with Crippen LogP contribution in [0.25, 0.3) is 12.2 Å². The molecule has 0 N–H and O–H groups in total. The predicted octanol–water partition coefficient (Wildman–Crippen LogP) is 4.28. The fourth-order valence-corrected chi connectivity index (χ4v) is 1.98. The van der Waals surface area contributed by atoms with E-state index in [9.17, 15) is 4.79 Å². The minimum absolute atomic E-state index is 0.102. The maximum Gasteiger partial charge on any atom is 0.336 e. The highest BCUT2D eigenvalue weighted by atomic mass is 16.4. The number of allylic oxidation sites excluding steroid dienone is 3. The molecule has 0 bridgehead atoms. The average Bonchev–Trinajstić information content (AvgIpc) is 2.60. The van der Waals surface area contributed by atoms with Gasteiger partial charge in [-0.15, -0.1) is 0 Å². The van der Waals surface area contributed by atoms with E-state index in [1.807, 2.05) is 79.6 Å². The highest BCUT2D eigenvalue weighted by Gasteiger charge is 1.97. The zero-order valence-electron chi connectivity index (χ0n) is 13.2. The highest BCUT2D eigenvalue weighted by Crippen LogP contribution is 2.07. The largest absolute Gasteiger partial charge is 0.565 e. The van der Waals surface area contributed by atoms with Crippen molar-refractivity contribution in [1.82, 2.24) is 0 Å². The normalized spacial score (nSPS) is 11.8. The van der Waals surface area contributed by atoms with Gasteiger partial charge in [0.15, 0.2) is 5.78 Å². The van der Waals surface area contributed by atoms with Crippen molar-refractivity contribution in [1.29, 1.82) is 0 Å². The summed E-state index contributed by atoms with van der Waals surface area (Å²) in [7, 11) is 0.515. The molecule has 0 saturated carbocycles. The summed E-state index contributed by atoms with van der Waals surface area (Å²) >= 11 is 0. The van der Waals surface area contributed by atoms with Crippen molar-refractivity contribution in [2.45, 2.75) is 6.82 Å². The topological polar surface area (TPSA) is 26.3 Å². The fraction of sp³-hybridized carbons (Fsp3) is 0.0500. The number of rotatable bonds is 7. The Balaban J connectivity index is 2.07. The van der Waals surface area contributed by atoms with E-state index in [1.165, 1.54) is 6.08 Å². The molecule has 23 heavy (non-hydrogen) atoms. The number of benzene rings is 2. The van der Waals surface area contributed by atoms with Crippen LogP contribution < -0.4 is 0 Å². The Morgan fingerprint density at radius 3 is 1.91 bits per heavy atom. The zero-order chi connectivity index (χ0) is 16.3. The summed E-state index contributed by atoms with van der Waals surface area (Å²) in [5.74, 6) is 0.453. The second kappa shape index (κ2) is 9.26. The molecule has 2 nitrogen and oxygen atoms in total. The van der Waals surface area contributed by atoms with E-state index in [4.69, 9.17) is 4.65 Å². The molecule has 0 aliphatic heterocycles. The summed E-state index contributed by atoms with van der Waals surface area (Å²) < 4.78 is 5.51. The van der Waals surface area contributed by atoms with Gasteiger partial charge in [0.2, 0.25) is 0 Å². The van der Waals surface area contributed by atoms with Crippen LogP contribution >= 0.6 is 0 Å². The van der Waals surface area contributed by atoms with Crippen molar-refractivity contribution in [3.05, 3.63) is 95.8 Å². The van der Waals surface area contributed by atoms with E-state index in [1.54, 1.807) is 12.2 Å². The van der Waals surface area contributed by atoms with Crippen LogP contribution in [0.1, 0.15) is 11.1 Å². The molecule has 0 amide bonds. The minimum atomic E-state index is -0.102. The van der Waals surface area contributed by atoms with Gasteiger partial charge in [-0.1, -0.05) is 79.6 Å². The van der Waals surface area contributed by atoms with Crippen molar-refractivity contribution in [2.24, 2.45) is 0 Å². The molecule has 2 aromatic carbocycles. The van der Waals surface area contributed by atoms with Crippen LogP contribution in [0.2, 0.25) is 6.82 Å². The van der Waals surface area contributed by atoms with Gasteiger partial charge in [-0.2, -0.15) is 0 Å². The Bertz CT molecular complexity index is 701. The first-order valence-corrected chi connectivity index (χ1v) is 7.62. The van der Waals surface area contributed by atoms with Crippen LogP contribution in [0, 0.1) is 0 Å². The molecular formula is C20H19BO2. The van der Waals surface area contributed by atoms with Gasteiger partial charge >= 0.3 is 7.48 Å². The third-order valence-electron chi connectivity index (χ3n) is 3.07. The standard InChI is InChI=1S/C20H19BO2/c1-21-23-20(15-13-18-10-6-3-7-11-18)16-19(22)14-12-17-8-4-2-5-9-17/h2-16,21H,1H3/b14-12+,15-13+,20-16-. The summed E-state index contributed by atoms with van der Waals surface area (Å²) in [6, 6.07) is 19.6. The molecule has 114 valence electrons. The Labute approximate surface area is 138 Å². The third kappa shape index (κ3) is 6.22. The third-order valence-corrected chi connectivity index (χ3v) is 3.07. The van der Waals surface area contributed by atoms with Crippen molar-refractivity contribution in [2.75, 3.05) is 0 Å². The zero-order valence-corrected chi connectivity index (χ0v) is 13.2. The van der Waals surface area contributed by atoms with Crippen LogP contribution in [-0.2, 0) is 9.45 Å². The van der Waals surface area contributed by atoms with Gasteiger partial charge in [0, 0.05) is 6.08 Å². The van der Waals surface area contributed by atoms with Gasteiger partial charge in [-0.3, -0.25) is 4.79 Å². The number of ketones is 1. The first-order chi connectivity index (χ1) is 11.3. The van der Waals surface area contributed by atoms with E-state index in [0.29, 0.717) is 13.2 Å². The number of hydrogen-bond donors (Lipinski definition) is 0. The molecule has 0 fully saturated rings. The average molecular weight is 302 g/mol. The smallest absolute Gasteiger partial charge is 0.336 e. The van der Waals surface area contributed by atoms with Crippen molar-refractivity contribution >= 4 is 25.4 Å². The summed E-state index contributed by atoms with van der Waals surface area (Å²) in [6.45, 7) is 1.90. The van der Waals surface area contributed by atoms with Crippen LogP contribution in [0.15, 0.2) is 84.7 Å². The monoisotopic (exact) mass is 302 g/mol. The van der Waals surface area contributed by atoms with Crippen LogP contribution in [-0.4, -0.2) is 13.3 Å². The molecule has 2 aromatic rings. The number of hydrogen-bond acceptors (Lipinski definition) is 2. The lowest BCUT2D eigenvalue weighted by Crippen LogP contribution is -1.96. The quantitative estimate of drug-likeness (QED) is 0.330. The van der Waals surface area contributed by atoms with E-state index < -0.39 is 0 Å². The van der Waals surface area contributed by atoms with Gasteiger partial charge in [0.25, 0.3) is 0 Å². The second-order valence-electron chi connectivity index (χ2n) is 4.87. The number of carbonyl (C=O) groups is 1. The van der Waals surface area contributed by atoms with Crippen LogP contribution in [0.5, 0.6) is 0 Å². The fourth-order valence-electron chi connectivity index (χ4n) is 1.98. The van der Waals surface area contributed by atoms with Gasteiger partial charge in [0.1, 0.15) is 5.76 Å². The Hall–Kier alpha value is -2.81. The summed E-state index contributed by atoms with van der Waals surface area (Å²) in [5, 5.41) is 0. The van der Waals surface area contributed by atoms with Gasteiger partial charge in [-0.05, 0) is 23.3 Å². The molecule has 0 aliphatic rings. The SMILES string of the molecule is CBOC(=C\C(=O)/C=C/c1ccccc1)/C=C/c1ccccc1. The summed E-state index contributed by atoms with van der Waals surface area (Å²) in [4.78, 5) is 12.0. The second-order valence-corrected chi connectivity index (χ2v) is 4.87. The Morgan fingerprint density at radius 2 is 1.39 bits per heavy atom. The predicted molar refractivity (Wildman–Crippen MR) is 98.1 cm³/mol. The lowest BCUT2D eigenvalue weighted by molar-refractivity contribution is -0.110. The highest BCUT2D eigenvalue weighted by molar-refractivity contribution is 6.25. The summed E-state index contributed by atoms with van der Waals surface area (Å²) in [6.07, 6.45) is 8.58. The lowest BCUT2D eigenvalue weighted by Gasteiger charge is -2.03. The van der Waals surface area contributed by atoms with E-state index >= 15 is 0 Å². The summed E-state index contributed by atoms with van der Waals surface area (Å²) in [5.41, 5.74) is 2.05. The molecule has 0 atom stereocenters. The lowest BCUT2D eigenvalue weighted by atomic mass is 10.1. The van der Waals surface area contributed by atoms with Gasteiger partial charge in [-0.25, -0.2) is 0 Å². The van der Waals surface area contributed by atoms with E-state index in [-0.39, 0.29) is 5.78 Å². The minimum Gasteiger partial charge on any atom is -0.565 e. The maximum absolute atomic E-state index is 12.0. The molecule has 0 heterocycles. The van der Waals surface area contributed by atoms with Gasteiger partial charge in [0.05, 0.1) is 0 Å². The molecule has 2 rings (SSSR count). The molecule has 0 aliphatic carbocycles. The molecule has 0 aromatic heterocycles. The van der Waals surface area contributed by atoms with E-state index in [0.717, 1.165) is 11.1 Å².